The van der Waals surface area contributed by atoms with Gasteiger partial charge in [-0.25, -0.2) is 9.97 Å². The number of carbonyl (C=O) groups is 2. The van der Waals surface area contributed by atoms with E-state index >= 15 is 0 Å². The van der Waals surface area contributed by atoms with Crippen LogP contribution < -0.4 is 5.32 Å². The summed E-state index contributed by atoms with van der Waals surface area (Å²) in [7, 11) is 0. The first-order valence-electron chi connectivity index (χ1n) is 9.83. The van der Waals surface area contributed by atoms with Crippen molar-refractivity contribution in [1.29, 1.82) is 0 Å². The normalized spacial score (nSPS) is 12.9. The number of ketones is 1. The molecule has 0 spiro atoms. The Morgan fingerprint density at radius 2 is 1.84 bits per heavy atom. The Bertz CT molecular complexity index is 1310. The van der Waals surface area contributed by atoms with Crippen molar-refractivity contribution in [2.24, 2.45) is 0 Å². The van der Waals surface area contributed by atoms with Gasteiger partial charge in [0, 0.05) is 46.0 Å². The van der Waals surface area contributed by atoms with Crippen LogP contribution in [0.2, 0.25) is 0 Å². The van der Waals surface area contributed by atoms with E-state index in [4.69, 9.17) is 0 Å². The standard InChI is InChI=1S/C24H17BrN4O2/c25-17-3-1-2-16(12-17)22(30)14-4-6-15(7-5-14)23-26-10-9-20(29-23)21-13-18-19(28-21)8-11-27-24(18)31/h1-7,9-10,12-13,28H,8,11H2,(H,27,31). The summed E-state index contributed by atoms with van der Waals surface area (Å²) in [5, 5.41) is 2.85. The zero-order chi connectivity index (χ0) is 21.4. The van der Waals surface area contributed by atoms with E-state index in [1.165, 1.54) is 0 Å². The quantitative estimate of drug-likeness (QED) is 0.430. The summed E-state index contributed by atoms with van der Waals surface area (Å²) in [6.45, 7) is 0.631. The van der Waals surface area contributed by atoms with Gasteiger partial charge in [-0.3, -0.25) is 9.59 Å². The summed E-state index contributed by atoms with van der Waals surface area (Å²) in [5.74, 6) is 0.442. The lowest BCUT2D eigenvalue weighted by atomic mass is 10.0. The Morgan fingerprint density at radius 1 is 1.00 bits per heavy atom. The number of carbonyl (C=O) groups excluding carboxylic acids is 2. The molecule has 0 saturated heterocycles. The van der Waals surface area contributed by atoms with Gasteiger partial charge >= 0.3 is 0 Å². The maximum absolute atomic E-state index is 12.7. The third-order valence-electron chi connectivity index (χ3n) is 5.23. The minimum absolute atomic E-state index is 0.0437. The van der Waals surface area contributed by atoms with Gasteiger partial charge in [-0.05, 0) is 24.3 Å². The molecule has 1 aliphatic rings. The first-order valence-corrected chi connectivity index (χ1v) is 10.6. The molecule has 0 atom stereocenters. The number of halogens is 1. The van der Waals surface area contributed by atoms with Crippen molar-refractivity contribution < 1.29 is 9.59 Å². The topological polar surface area (TPSA) is 87.7 Å². The van der Waals surface area contributed by atoms with Crippen LogP contribution in [-0.2, 0) is 6.42 Å². The predicted molar refractivity (Wildman–Crippen MR) is 121 cm³/mol. The smallest absolute Gasteiger partial charge is 0.253 e. The molecule has 6 nitrogen and oxygen atoms in total. The third kappa shape index (κ3) is 3.80. The second-order valence-corrected chi connectivity index (χ2v) is 8.18. The van der Waals surface area contributed by atoms with E-state index < -0.39 is 0 Å². The zero-order valence-corrected chi connectivity index (χ0v) is 17.9. The monoisotopic (exact) mass is 472 g/mol. The van der Waals surface area contributed by atoms with Crippen LogP contribution in [-0.4, -0.2) is 33.2 Å². The zero-order valence-electron chi connectivity index (χ0n) is 16.4. The summed E-state index contributed by atoms with van der Waals surface area (Å²) >= 11 is 3.40. The SMILES string of the molecule is O=C(c1ccc(-c2nccc(-c3cc4c([nH]3)CCNC4=O)n2)cc1)c1cccc(Br)c1. The number of H-pyrrole nitrogens is 1. The second-order valence-electron chi connectivity index (χ2n) is 7.26. The molecule has 2 aromatic heterocycles. The molecule has 1 aliphatic heterocycles. The highest BCUT2D eigenvalue weighted by Crippen LogP contribution is 2.25. The highest BCUT2D eigenvalue weighted by Gasteiger charge is 2.20. The molecule has 5 rings (SSSR count). The molecule has 1 amide bonds. The van der Waals surface area contributed by atoms with E-state index in [1.807, 2.05) is 36.4 Å². The number of nitrogens with zero attached hydrogens (tertiary/aromatic N) is 2. The van der Waals surface area contributed by atoms with Gasteiger partial charge in [0.1, 0.15) is 0 Å². The van der Waals surface area contributed by atoms with E-state index in [0.29, 0.717) is 34.8 Å². The molecule has 31 heavy (non-hydrogen) atoms. The van der Waals surface area contributed by atoms with E-state index in [0.717, 1.165) is 27.8 Å². The lowest BCUT2D eigenvalue weighted by Gasteiger charge is -2.10. The van der Waals surface area contributed by atoms with Crippen LogP contribution in [0.15, 0.2) is 71.3 Å². The molecule has 3 heterocycles. The van der Waals surface area contributed by atoms with E-state index in [2.05, 4.69) is 36.2 Å². The van der Waals surface area contributed by atoms with Gasteiger partial charge in [0.25, 0.3) is 5.91 Å². The lowest BCUT2D eigenvalue weighted by Crippen LogP contribution is -2.31. The Morgan fingerprint density at radius 3 is 2.61 bits per heavy atom. The minimum atomic E-state index is -0.0660. The van der Waals surface area contributed by atoms with Gasteiger partial charge < -0.3 is 10.3 Å². The fraction of sp³-hybridized carbons (Fsp3) is 0.0833. The van der Waals surface area contributed by atoms with Gasteiger partial charge in [0.05, 0.1) is 17.0 Å². The number of amides is 1. The maximum atomic E-state index is 12.7. The van der Waals surface area contributed by atoms with Crippen molar-refractivity contribution in [2.45, 2.75) is 6.42 Å². The van der Waals surface area contributed by atoms with Crippen molar-refractivity contribution in [3.8, 4) is 22.8 Å². The van der Waals surface area contributed by atoms with E-state index in [-0.39, 0.29) is 11.7 Å². The van der Waals surface area contributed by atoms with Crippen LogP contribution in [0.5, 0.6) is 0 Å². The number of rotatable bonds is 4. The van der Waals surface area contributed by atoms with Crippen molar-refractivity contribution in [2.75, 3.05) is 6.54 Å². The largest absolute Gasteiger partial charge is 0.356 e. The van der Waals surface area contributed by atoms with Crippen LogP contribution in [0.3, 0.4) is 0 Å². The van der Waals surface area contributed by atoms with Crippen molar-refractivity contribution in [3.63, 3.8) is 0 Å². The van der Waals surface area contributed by atoms with Gasteiger partial charge in [-0.1, -0.05) is 52.3 Å². The Hall–Kier alpha value is -3.58. The molecule has 0 fully saturated rings. The molecular weight excluding hydrogens is 456 g/mol. The average molecular weight is 473 g/mol. The van der Waals surface area contributed by atoms with Crippen molar-refractivity contribution in [3.05, 3.63) is 93.7 Å². The molecule has 7 heteroatoms. The number of hydrogen-bond acceptors (Lipinski definition) is 4. The Balaban J connectivity index is 1.43. The Kier molecular flexibility index (Phi) is 4.95. The summed E-state index contributed by atoms with van der Waals surface area (Å²) in [5.41, 5.74) is 5.11. The summed E-state index contributed by atoms with van der Waals surface area (Å²) < 4.78 is 0.865. The molecule has 4 aromatic rings. The van der Waals surface area contributed by atoms with Crippen molar-refractivity contribution in [1.82, 2.24) is 20.3 Å². The predicted octanol–water partition coefficient (Wildman–Crippen LogP) is 4.42. The lowest BCUT2D eigenvalue weighted by molar-refractivity contribution is 0.0945. The van der Waals surface area contributed by atoms with Gasteiger partial charge in [0.15, 0.2) is 11.6 Å². The third-order valence-corrected chi connectivity index (χ3v) is 5.72. The van der Waals surface area contributed by atoms with Gasteiger partial charge in [0.2, 0.25) is 0 Å². The first-order chi connectivity index (χ1) is 15.1. The molecule has 2 N–H and O–H groups in total. The molecular formula is C24H17BrN4O2. The van der Waals surface area contributed by atoms with Crippen LogP contribution in [0, 0.1) is 0 Å². The van der Waals surface area contributed by atoms with Crippen LogP contribution >= 0.6 is 15.9 Å². The van der Waals surface area contributed by atoms with Crippen LogP contribution in [0.4, 0.5) is 0 Å². The second kappa shape index (κ2) is 7.92. The molecule has 0 aliphatic carbocycles. The maximum Gasteiger partial charge on any atom is 0.253 e. The molecule has 0 bridgehead atoms. The van der Waals surface area contributed by atoms with Crippen molar-refractivity contribution >= 4 is 27.6 Å². The number of hydrogen-bond donors (Lipinski definition) is 2. The minimum Gasteiger partial charge on any atom is -0.356 e. The average Bonchev–Trinajstić information content (AvgIpc) is 3.25. The van der Waals surface area contributed by atoms with Gasteiger partial charge in [-0.2, -0.15) is 0 Å². The molecule has 2 aromatic carbocycles. The Labute approximate surface area is 186 Å². The fourth-order valence-corrected chi connectivity index (χ4v) is 4.05. The first kappa shape index (κ1) is 19.4. The van der Waals surface area contributed by atoms with E-state index in [9.17, 15) is 9.59 Å². The highest BCUT2D eigenvalue weighted by molar-refractivity contribution is 9.10. The highest BCUT2D eigenvalue weighted by atomic mass is 79.9. The molecule has 0 radical (unpaired) electrons. The summed E-state index contributed by atoms with van der Waals surface area (Å²) in [6, 6.07) is 18.2. The summed E-state index contributed by atoms with van der Waals surface area (Å²) in [4.78, 5) is 37.1. The molecule has 152 valence electrons. The number of fused-ring (bicyclic) bond motifs is 1. The van der Waals surface area contributed by atoms with Crippen LogP contribution in [0.25, 0.3) is 22.8 Å². The number of benzene rings is 2. The van der Waals surface area contributed by atoms with Crippen LogP contribution in [0.1, 0.15) is 32.0 Å². The number of aromatic amines is 1. The fourth-order valence-electron chi connectivity index (χ4n) is 3.65. The van der Waals surface area contributed by atoms with Gasteiger partial charge in [-0.15, -0.1) is 0 Å². The molecule has 0 saturated carbocycles. The van der Waals surface area contributed by atoms with E-state index in [1.54, 1.807) is 30.5 Å². The number of aromatic nitrogens is 3. The summed E-state index contributed by atoms with van der Waals surface area (Å²) in [6.07, 6.45) is 2.46. The number of nitrogens with one attached hydrogen (secondary N) is 2. The molecule has 0 unspecified atom stereocenters.